The predicted octanol–water partition coefficient (Wildman–Crippen LogP) is 2.26. The smallest absolute Gasteiger partial charge is 0.220 e. The molecule has 1 aromatic rings. The Bertz CT molecular complexity index is 422. The number of halogens is 2. The van der Waals surface area contributed by atoms with Gasteiger partial charge in [-0.3, -0.25) is 4.79 Å². The van der Waals surface area contributed by atoms with Gasteiger partial charge in [-0.25, -0.2) is 4.39 Å². The lowest BCUT2D eigenvalue weighted by Crippen LogP contribution is -2.45. The minimum absolute atomic E-state index is 0. The van der Waals surface area contributed by atoms with Gasteiger partial charge in [0.25, 0.3) is 0 Å². The van der Waals surface area contributed by atoms with Crippen molar-refractivity contribution in [2.75, 3.05) is 13.2 Å². The van der Waals surface area contributed by atoms with E-state index in [-0.39, 0.29) is 24.1 Å². The molecule has 0 aliphatic carbocycles. The van der Waals surface area contributed by atoms with Crippen molar-refractivity contribution in [1.82, 2.24) is 5.32 Å². The molecule has 0 aliphatic heterocycles. The summed E-state index contributed by atoms with van der Waals surface area (Å²) >= 11 is 0. The summed E-state index contributed by atoms with van der Waals surface area (Å²) in [6, 6.07) is 6.20. The Labute approximate surface area is 125 Å². The van der Waals surface area contributed by atoms with Crippen LogP contribution in [0.15, 0.2) is 24.3 Å². The molecule has 114 valence electrons. The van der Waals surface area contributed by atoms with E-state index >= 15 is 0 Å². The Morgan fingerprint density at radius 1 is 1.40 bits per heavy atom. The largest absolute Gasteiger partial charge is 0.491 e. The highest BCUT2D eigenvalue weighted by atomic mass is 35.5. The van der Waals surface area contributed by atoms with Crippen molar-refractivity contribution in [2.45, 2.75) is 32.2 Å². The fourth-order valence-electron chi connectivity index (χ4n) is 1.39. The predicted molar refractivity (Wildman–Crippen MR) is 79.7 cm³/mol. The summed E-state index contributed by atoms with van der Waals surface area (Å²) in [4.78, 5) is 11.5. The molecule has 0 unspecified atom stereocenters. The number of carbonyl (C=O) groups is 1. The molecule has 20 heavy (non-hydrogen) atoms. The lowest BCUT2D eigenvalue weighted by molar-refractivity contribution is -0.121. The van der Waals surface area contributed by atoms with E-state index < -0.39 is 11.4 Å². The van der Waals surface area contributed by atoms with E-state index in [4.69, 9.17) is 10.5 Å². The molecular formula is C14H22ClFN2O2. The minimum Gasteiger partial charge on any atom is -0.491 e. The SMILES string of the molecule is CC(C)(N)CNC(=O)CCCOc1ccccc1F.Cl. The first-order chi connectivity index (χ1) is 8.88. The highest BCUT2D eigenvalue weighted by molar-refractivity contribution is 5.85. The van der Waals surface area contributed by atoms with Gasteiger partial charge in [0.2, 0.25) is 5.91 Å². The molecular weight excluding hydrogens is 283 g/mol. The fraction of sp³-hybridized carbons (Fsp3) is 0.500. The number of para-hydroxylation sites is 1. The summed E-state index contributed by atoms with van der Waals surface area (Å²) in [6.07, 6.45) is 0.871. The zero-order chi connectivity index (χ0) is 14.3. The summed E-state index contributed by atoms with van der Waals surface area (Å²) < 4.78 is 18.5. The van der Waals surface area contributed by atoms with Gasteiger partial charge in [-0.15, -0.1) is 12.4 Å². The average molecular weight is 305 g/mol. The molecule has 0 aliphatic rings. The van der Waals surface area contributed by atoms with Gasteiger partial charge in [-0.05, 0) is 32.4 Å². The molecule has 1 rings (SSSR count). The van der Waals surface area contributed by atoms with Crippen molar-refractivity contribution < 1.29 is 13.9 Å². The van der Waals surface area contributed by atoms with Gasteiger partial charge in [0.05, 0.1) is 6.61 Å². The number of hydrogen-bond donors (Lipinski definition) is 2. The van der Waals surface area contributed by atoms with Gasteiger partial charge in [-0.1, -0.05) is 12.1 Å². The summed E-state index contributed by atoms with van der Waals surface area (Å²) in [6.45, 7) is 4.42. The molecule has 1 amide bonds. The van der Waals surface area contributed by atoms with Crippen molar-refractivity contribution in [1.29, 1.82) is 0 Å². The Morgan fingerprint density at radius 2 is 2.05 bits per heavy atom. The average Bonchev–Trinajstić information content (AvgIpc) is 2.33. The van der Waals surface area contributed by atoms with Crippen molar-refractivity contribution in [2.24, 2.45) is 5.73 Å². The Balaban J connectivity index is 0.00000361. The second-order valence-electron chi connectivity index (χ2n) is 5.15. The van der Waals surface area contributed by atoms with E-state index in [1.807, 2.05) is 13.8 Å². The summed E-state index contributed by atoms with van der Waals surface area (Å²) in [7, 11) is 0. The molecule has 0 fully saturated rings. The van der Waals surface area contributed by atoms with Crippen LogP contribution in [0, 0.1) is 5.82 Å². The highest BCUT2D eigenvalue weighted by Crippen LogP contribution is 2.15. The van der Waals surface area contributed by atoms with Crippen molar-refractivity contribution in [3.05, 3.63) is 30.1 Å². The van der Waals surface area contributed by atoms with E-state index in [0.29, 0.717) is 26.0 Å². The topological polar surface area (TPSA) is 64.3 Å². The lowest BCUT2D eigenvalue weighted by Gasteiger charge is -2.18. The van der Waals surface area contributed by atoms with Gasteiger partial charge in [0, 0.05) is 18.5 Å². The maximum Gasteiger partial charge on any atom is 0.220 e. The van der Waals surface area contributed by atoms with Crippen LogP contribution in [0.1, 0.15) is 26.7 Å². The molecule has 0 radical (unpaired) electrons. The van der Waals surface area contributed by atoms with Crippen LogP contribution >= 0.6 is 12.4 Å². The Hall–Kier alpha value is -1.33. The van der Waals surface area contributed by atoms with E-state index in [1.165, 1.54) is 6.07 Å². The molecule has 0 bridgehead atoms. The molecule has 0 aromatic heterocycles. The maximum atomic E-state index is 13.2. The van der Waals surface area contributed by atoms with Crippen LogP contribution in [0.3, 0.4) is 0 Å². The van der Waals surface area contributed by atoms with E-state index in [0.717, 1.165) is 0 Å². The fourth-order valence-corrected chi connectivity index (χ4v) is 1.39. The number of ether oxygens (including phenoxy) is 1. The summed E-state index contributed by atoms with van der Waals surface area (Å²) in [5, 5.41) is 2.74. The van der Waals surface area contributed by atoms with Crippen LogP contribution < -0.4 is 15.8 Å². The summed E-state index contributed by atoms with van der Waals surface area (Å²) in [5.41, 5.74) is 5.33. The van der Waals surface area contributed by atoms with Gasteiger partial charge in [0.1, 0.15) is 0 Å². The number of nitrogens with two attached hydrogens (primary N) is 1. The van der Waals surface area contributed by atoms with Crippen molar-refractivity contribution in [3.63, 3.8) is 0 Å². The molecule has 6 heteroatoms. The maximum absolute atomic E-state index is 13.2. The number of benzene rings is 1. The van der Waals surface area contributed by atoms with Crippen LogP contribution in [0.5, 0.6) is 5.75 Å². The number of amides is 1. The molecule has 0 spiro atoms. The highest BCUT2D eigenvalue weighted by Gasteiger charge is 2.11. The van der Waals surface area contributed by atoms with Gasteiger partial charge in [0.15, 0.2) is 11.6 Å². The Kier molecular flexibility index (Phi) is 8.18. The third kappa shape index (κ3) is 7.96. The van der Waals surface area contributed by atoms with Crippen LogP contribution in [0.2, 0.25) is 0 Å². The summed E-state index contributed by atoms with van der Waals surface area (Å²) in [5.74, 6) is -0.251. The Morgan fingerprint density at radius 3 is 2.65 bits per heavy atom. The van der Waals surface area contributed by atoms with Crippen LogP contribution in [-0.2, 0) is 4.79 Å². The monoisotopic (exact) mass is 304 g/mol. The number of hydrogen-bond acceptors (Lipinski definition) is 3. The molecule has 3 N–H and O–H groups in total. The third-order valence-corrected chi connectivity index (χ3v) is 2.38. The van der Waals surface area contributed by atoms with Crippen LogP contribution in [0.25, 0.3) is 0 Å². The van der Waals surface area contributed by atoms with Gasteiger partial charge in [-0.2, -0.15) is 0 Å². The zero-order valence-corrected chi connectivity index (χ0v) is 12.6. The number of carbonyl (C=O) groups excluding carboxylic acids is 1. The van der Waals surface area contributed by atoms with Crippen LogP contribution in [0.4, 0.5) is 4.39 Å². The van der Waals surface area contributed by atoms with Crippen LogP contribution in [-0.4, -0.2) is 24.6 Å². The van der Waals surface area contributed by atoms with Crippen molar-refractivity contribution >= 4 is 18.3 Å². The first-order valence-corrected chi connectivity index (χ1v) is 6.31. The third-order valence-electron chi connectivity index (χ3n) is 2.38. The normalized spacial score (nSPS) is 10.6. The van der Waals surface area contributed by atoms with E-state index in [2.05, 4.69) is 5.32 Å². The van der Waals surface area contributed by atoms with E-state index in [9.17, 15) is 9.18 Å². The minimum atomic E-state index is -0.417. The lowest BCUT2D eigenvalue weighted by atomic mass is 10.1. The molecule has 4 nitrogen and oxygen atoms in total. The molecule has 0 saturated heterocycles. The molecule has 1 aromatic carbocycles. The second-order valence-corrected chi connectivity index (χ2v) is 5.15. The second kappa shape index (κ2) is 8.76. The zero-order valence-electron chi connectivity index (χ0n) is 11.8. The molecule has 0 heterocycles. The van der Waals surface area contributed by atoms with Crippen molar-refractivity contribution in [3.8, 4) is 5.75 Å². The van der Waals surface area contributed by atoms with Gasteiger partial charge >= 0.3 is 0 Å². The van der Waals surface area contributed by atoms with Gasteiger partial charge < -0.3 is 15.8 Å². The standard InChI is InChI=1S/C14H21FN2O2.ClH/c1-14(2,16)10-17-13(18)8-5-9-19-12-7-4-3-6-11(12)15;/h3-4,6-7H,5,8-10,16H2,1-2H3,(H,17,18);1H. The molecule has 0 saturated carbocycles. The number of rotatable bonds is 7. The first kappa shape index (κ1) is 18.7. The van der Waals surface area contributed by atoms with E-state index in [1.54, 1.807) is 18.2 Å². The molecule has 0 atom stereocenters. The first-order valence-electron chi connectivity index (χ1n) is 6.31. The quantitative estimate of drug-likeness (QED) is 0.760. The number of nitrogens with one attached hydrogen (secondary N) is 1.